The number of nitrogens with zero attached hydrogens (tertiary/aromatic N) is 2. The number of halogens is 1. The zero-order valence-corrected chi connectivity index (χ0v) is 21.5. The first-order chi connectivity index (χ1) is 17.4. The summed E-state index contributed by atoms with van der Waals surface area (Å²) in [6, 6.07) is 22.5. The van der Waals surface area contributed by atoms with Gasteiger partial charge in [-0.3, -0.25) is 19.7 Å². The lowest BCUT2D eigenvalue weighted by Gasteiger charge is -2.31. The maximum atomic E-state index is 13.5. The highest BCUT2D eigenvalue weighted by molar-refractivity contribution is 7.99. The Morgan fingerprint density at radius 2 is 1.61 bits per heavy atom. The fourth-order valence-corrected chi connectivity index (χ4v) is 4.68. The predicted molar refractivity (Wildman–Crippen MR) is 144 cm³/mol. The Labute approximate surface area is 220 Å². The second kappa shape index (κ2) is 13.7. The number of likely N-dealkylation sites (N-methyl/N-ethyl adjacent to an activating group) is 1. The molecule has 0 heterocycles. The highest BCUT2D eigenvalue weighted by Gasteiger charge is 2.30. The molecule has 0 spiro atoms. The second-order valence-electron chi connectivity index (χ2n) is 8.16. The molecule has 0 radical (unpaired) electrons. The number of rotatable bonds is 12. The van der Waals surface area contributed by atoms with Crippen molar-refractivity contribution in [1.29, 1.82) is 0 Å². The summed E-state index contributed by atoms with van der Waals surface area (Å²) in [6.45, 7) is 2.58. The lowest BCUT2D eigenvalue weighted by Crippen LogP contribution is -2.51. The third kappa shape index (κ3) is 8.10. The van der Waals surface area contributed by atoms with Crippen LogP contribution in [-0.2, 0) is 28.3 Å². The number of carbonyl (C=O) groups excluding carboxylic acids is 2. The van der Waals surface area contributed by atoms with Crippen molar-refractivity contribution in [1.82, 2.24) is 10.2 Å². The summed E-state index contributed by atoms with van der Waals surface area (Å²) in [4.78, 5) is 38.7. The van der Waals surface area contributed by atoms with Crippen molar-refractivity contribution >= 4 is 40.9 Å². The van der Waals surface area contributed by atoms with Crippen LogP contribution in [0.1, 0.15) is 23.6 Å². The van der Waals surface area contributed by atoms with E-state index in [1.807, 2.05) is 49.4 Å². The maximum absolute atomic E-state index is 13.5. The van der Waals surface area contributed by atoms with Crippen molar-refractivity contribution < 1.29 is 14.5 Å². The summed E-state index contributed by atoms with van der Waals surface area (Å²) in [5.41, 5.74) is 2.74. The fourth-order valence-electron chi connectivity index (χ4n) is 3.69. The van der Waals surface area contributed by atoms with Gasteiger partial charge in [0.05, 0.1) is 10.7 Å². The van der Waals surface area contributed by atoms with E-state index in [0.29, 0.717) is 23.7 Å². The van der Waals surface area contributed by atoms with E-state index in [1.54, 1.807) is 29.2 Å². The molecular weight excluding hydrogens is 498 g/mol. The van der Waals surface area contributed by atoms with Crippen molar-refractivity contribution in [2.45, 2.75) is 31.7 Å². The molecule has 0 saturated heterocycles. The number of carbonyl (C=O) groups is 2. The van der Waals surface area contributed by atoms with E-state index < -0.39 is 11.0 Å². The van der Waals surface area contributed by atoms with Gasteiger partial charge in [-0.05, 0) is 35.7 Å². The summed E-state index contributed by atoms with van der Waals surface area (Å²) in [5, 5.41) is 14.3. The SMILES string of the molecule is CCNC(=O)[C@@H](Cc1ccccc1)N(Cc1ccc(Cl)cc1)C(=O)CSCc1ccc([N+](=O)[O-])cc1. The smallest absolute Gasteiger partial charge is 0.269 e. The lowest BCUT2D eigenvalue weighted by molar-refractivity contribution is -0.384. The Hall–Kier alpha value is -3.36. The van der Waals surface area contributed by atoms with Crippen molar-refractivity contribution in [2.75, 3.05) is 12.3 Å². The molecule has 3 aromatic carbocycles. The van der Waals surface area contributed by atoms with Crippen molar-refractivity contribution in [3.05, 3.63) is 111 Å². The number of hydrogen-bond donors (Lipinski definition) is 1. The highest BCUT2D eigenvalue weighted by atomic mass is 35.5. The summed E-state index contributed by atoms with van der Waals surface area (Å²) >= 11 is 7.45. The van der Waals surface area contributed by atoms with Gasteiger partial charge in [-0.1, -0.05) is 66.2 Å². The number of hydrogen-bond acceptors (Lipinski definition) is 5. The zero-order valence-electron chi connectivity index (χ0n) is 19.9. The molecule has 3 rings (SSSR count). The first-order valence-corrected chi connectivity index (χ1v) is 13.1. The molecule has 2 amide bonds. The first-order valence-electron chi connectivity index (χ1n) is 11.5. The van der Waals surface area contributed by atoms with Gasteiger partial charge >= 0.3 is 0 Å². The third-order valence-electron chi connectivity index (χ3n) is 5.53. The van der Waals surface area contributed by atoms with Crippen molar-refractivity contribution in [2.24, 2.45) is 0 Å². The molecule has 3 aromatic rings. The van der Waals surface area contributed by atoms with Crippen LogP contribution < -0.4 is 5.32 Å². The van der Waals surface area contributed by atoms with E-state index in [9.17, 15) is 19.7 Å². The number of nitro groups is 1. The van der Waals surface area contributed by atoms with Gasteiger partial charge < -0.3 is 10.2 Å². The van der Waals surface area contributed by atoms with Crippen molar-refractivity contribution in [3.63, 3.8) is 0 Å². The minimum absolute atomic E-state index is 0.0275. The van der Waals surface area contributed by atoms with E-state index >= 15 is 0 Å². The quantitative estimate of drug-likeness (QED) is 0.257. The number of non-ortho nitro benzene ring substituents is 1. The second-order valence-corrected chi connectivity index (χ2v) is 9.59. The van der Waals surface area contributed by atoms with Crippen LogP contribution in [0.25, 0.3) is 0 Å². The zero-order chi connectivity index (χ0) is 25.9. The molecule has 1 atom stereocenters. The molecular formula is C27H28ClN3O4S. The van der Waals surface area contributed by atoms with Gasteiger partial charge in [0, 0.05) is 42.4 Å². The molecule has 0 aliphatic carbocycles. The van der Waals surface area contributed by atoms with Crippen LogP contribution in [0.2, 0.25) is 5.02 Å². The number of amides is 2. The molecule has 36 heavy (non-hydrogen) atoms. The lowest BCUT2D eigenvalue weighted by atomic mass is 10.0. The Balaban J connectivity index is 1.79. The molecule has 0 fully saturated rings. The Morgan fingerprint density at radius 3 is 2.22 bits per heavy atom. The van der Waals surface area contributed by atoms with Gasteiger partial charge in [-0.2, -0.15) is 0 Å². The van der Waals surface area contributed by atoms with Crippen LogP contribution in [0, 0.1) is 10.1 Å². The van der Waals surface area contributed by atoms with Crippen LogP contribution in [0.15, 0.2) is 78.9 Å². The highest BCUT2D eigenvalue weighted by Crippen LogP contribution is 2.20. The summed E-state index contributed by atoms with van der Waals surface area (Å²) in [5.74, 6) is 0.311. The molecule has 1 N–H and O–H groups in total. The summed E-state index contributed by atoms with van der Waals surface area (Å²) in [7, 11) is 0. The Bertz CT molecular complexity index is 1160. The first kappa shape index (κ1) is 27.2. The maximum Gasteiger partial charge on any atom is 0.269 e. The molecule has 0 aliphatic rings. The average Bonchev–Trinajstić information content (AvgIpc) is 2.88. The van der Waals surface area contributed by atoms with E-state index in [4.69, 9.17) is 11.6 Å². The predicted octanol–water partition coefficient (Wildman–Crippen LogP) is 5.26. The number of nitrogens with one attached hydrogen (secondary N) is 1. The molecule has 0 aliphatic heterocycles. The Morgan fingerprint density at radius 1 is 0.972 bits per heavy atom. The minimum Gasteiger partial charge on any atom is -0.355 e. The number of thioether (sulfide) groups is 1. The van der Waals surface area contributed by atoms with Crippen LogP contribution in [0.5, 0.6) is 0 Å². The van der Waals surface area contributed by atoms with Crippen molar-refractivity contribution in [3.8, 4) is 0 Å². The molecule has 0 saturated carbocycles. The van der Waals surface area contributed by atoms with E-state index in [-0.39, 0.29) is 29.8 Å². The van der Waals surface area contributed by atoms with Crippen LogP contribution in [0.4, 0.5) is 5.69 Å². The summed E-state index contributed by atoms with van der Waals surface area (Å²) in [6.07, 6.45) is 0.388. The van der Waals surface area contributed by atoms with Gasteiger partial charge in [-0.15, -0.1) is 11.8 Å². The standard InChI is InChI=1S/C27H28ClN3O4S/c1-2-29-27(33)25(16-20-6-4-3-5-7-20)30(17-21-8-12-23(28)13-9-21)26(32)19-36-18-22-10-14-24(15-11-22)31(34)35/h3-15,25H,2,16-19H2,1H3,(H,29,33)/t25-/m1/s1. The van der Waals surface area contributed by atoms with Crippen LogP contribution in [0.3, 0.4) is 0 Å². The Kier molecular flexibility index (Phi) is 10.3. The molecule has 9 heteroatoms. The van der Waals surface area contributed by atoms with Gasteiger partial charge in [-0.25, -0.2) is 0 Å². The topological polar surface area (TPSA) is 92.6 Å². The van der Waals surface area contributed by atoms with Crippen LogP contribution in [-0.4, -0.2) is 40.0 Å². The van der Waals surface area contributed by atoms with Gasteiger partial charge in [0.15, 0.2) is 0 Å². The van der Waals surface area contributed by atoms with Gasteiger partial charge in [0.2, 0.25) is 11.8 Å². The molecule has 188 valence electrons. The van der Waals surface area contributed by atoms with E-state index in [2.05, 4.69) is 5.32 Å². The summed E-state index contributed by atoms with van der Waals surface area (Å²) < 4.78 is 0. The van der Waals surface area contributed by atoms with Crippen LogP contribution >= 0.6 is 23.4 Å². The van der Waals surface area contributed by atoms with Gasteiger partial charge in [0.25, 0.3) is 5.69 Å². The monoisotopic (exact) mass is 525 g/mol. The van der Waals surface area contributed by atoms with Gasteiger partial charge in [0.1, 0.15) is 6.04 Å². The molecule has 0 bridgehead atoms. The average molecular weight is 526 g/mol. The third-order valence-corrected chi connectivity index (χ3v) is 6.77. The molecule has 7 nitrogen and oxygen atoms in total. The number of nitro benzene ring substituents is 1. The van der Waals surface area contributed by atoms with E-state index in [1.165, 1.54) is 23.9 Å². The normalized spacial score (nSPS) is 11.5. The molecule has 0 aromatic heterocycles. The molecule has 0 unspecified atom stereocenters. The largest absolute Gasteiger partial charge is 0.355 e. The fraction of sp³-hybridized carbons (Fsp3) is 0.259. The minimum atomic E-state index is -0.685. The van der Waals surface area contributed by atoms with E-state index in [0.717, 1.165) is 16.7 Å². The number of benzene rings is 3.